The lowest BCUT2D eigenvalue weighted by Crippen LogP contribution is -2.46. The first-order valence-corrected chi connectivity index (χ1v) is 6.76. The molecule has 1 fully saturated rings. The van der Waals surface area contributed by atoms with Gasteiger partial charge < -0.3 is 11.1 Å². The van der Waals surface area contributed by atoms with Gasteiger partial charge >= 0.3 is 0 Å². The maximum atomic E-state index is 11.6. The number of amides is 1. The molecule has 0 bridgehead atoms. The Morgan fingerprint density at radius 1 is 1.41 bits per heavy atom. The molecule has 2 atom stereocenters. The van der Waals surface area contributed by atoms with E-state index < -0.39 is 0 Å². The summed E-state index contributed by atoms with van der Waals surface area (Å²) in [6.07, 6.45) is 2.55. The van der Waals surface area contributed by atoms with Gasteiger partial charge in [0.05, 0.1) is 0 Å². The van der Waals surface area contributed by atoms with Crippen molar-refractivity contribution in [1.82, 2.24) is 10.2 Å². The minimum absolute atomic E-state index is 0.0738. The highest BCUT2D eigenvalue weighted by Crippen LogP contribution is 2.17. The van der Waals surface area contributed by atoms with Gasteiger partial charge in [0.1, 0.15) is 0 Å². The van der Waals surface area contributed by atoms with E-state index in [0.29, 0.717) is 12.6 Å². The van der Waals surface area contributed by atoms with Gasteiger partial charge in [0.15, 0.2) is 0 Å². The summed E-state index contributed by atoms with van der Waals surface area (Å²) in [5.41, 5.74) is 5.47. The van der Waals surface area contributed by atoms with Crippen LogP contribution in [0.5, 0.6) is 0 Å². The van der Waals surface area contributed by atoms with Crippen molar-refractivity contribution in [2.45, 2.75) is 39.7 Å². The molecular formula is C13H27N3O. The second-order valence-corrected chi connectivity index (χ2v) is 5.45. The van der Waals surface area contributed by atoms with Crippen molar-refractivity contribution in [1.29, 1.82) is 0 Å². The molecule has 1 aliphatic heterocycles. The van der Waals surface area contributed by atoms with Crippen LogP contribution in [0.1, 0.15) is 33.6 Å². The van der Waals surface area contributed by atoms with E-state index in [-0.39, 0.29) is 11.8 Å². The molecule has 3 N–H and O–H groups in total. The second kappa shape index (κ2) is 6.97. The predicted octanol–water partition coefficient (Wildman–Crippen LogP) is 0.818. The van der Waals surface area contributed by atoms with Crippen molar-refractivity contribution in [3.05, 3.63) is 0 Å². The Kier molecular flexibility index (Phi) is 5.92. The molecule has 0 spiro atoms. The molecule has 1 aliphatic rings. The number of nitrogens with one attached hydrogen (secondary N) is 1. The Morgan fingerprint density at radius 2 is 2.00 bits per heavy atom. The zero-order valence-electron chi connectivity index (χ0n) is 11.4. The molecule has 2 unspecified atom stereocenters. The minimum atomic E-state index is -0.0800. The number of piperidine rings is 1. The molecule has 0 aromatic heterocycles. The third-order valence-electron chi connectivity index (χ3n) is 3.81. The Morgan fingerprint density at radius 3 is 2.53 bits per heavy atom. The van der Waals surface area contributed by atoms with Gasteiger partial charge in [-0.05, 0) is 38.8 Å². The number of hydrogen-bond donors (Lipinski definition) is 2. The van der Waals surface area contributed by atoms with Crippen LogP contribution in [0.2, 0.25) is 0 Å². The second-order valence-electron chi connectivity index (χ2n) is 5.45. The summed E-state index contributed by atoms with van der Waals surface area (Å²) in [6.45, 7) is 9.83. The maximum absolute atomic E-state index is 11.6. The van der Waals surface area contributed by atoms with Crippen molar-refractivity contribution in [3.63, 3.8) is 0 Å². The number of nitrogens with two attached hydrogens (primary N) is 1. The smallest absolute Gasteiger partial charge is 0.224 e. The normalized spacial score (nSPS) is 22.1. The van der Waals surface area contributed by atoms with Gasteiger partial charge in [-0.1, -0.05) is 13.8 Å². The summed E-state index contributed by atoms with van der Waals surface area (Å²) in [4.78, 5) is 14.1. The average molecular weight is 241 g/mol. The molecule has 0 aliphatic carbocycles. The van der Waals surface area contributed by atoms with Gasteiger partial charge in [0.25, 0.3) is 0 Å². The van der Waals surface area contributed by atoms with Gasteiger partial charge in [-0.2, -0.15) is 0 Å². The van der Waals surface area contributed by atoms with Crippen LogP contribution in [0.3, 0.4) is 0 Å². The number of carbonyl (C=O) groups excluding carboxylic acids is 1. The Bertz CT molecular complexity index is 237. The van der Waals surface area contributed by atoms with Crippen molar-refractivity contribution >= 4 is 5.91 Å². The van der Waals surface area contributed by atoms with Gasteiger partial charge in [0, 0.05) is 25.0 Å². The number of hydrogen-bond acceptors (Lipinski definition) is 3. The summed E-state index contributed by atoms with van der Waals surface area (Å²) >= 11 is 0. The highest BCUT2D eigenvalue weighted by molar-refractivity contribution is 5.78. The highest BCUT2D eigenvalue weighted by atomic mass is 16.1. The van der Waals surface area contributed by atoms with E-state index in [9.17, 15) is 4.79 Å². The monoisotopic (exact) mass is 241 g/mol. The van der Waals surface area contributed by atoms with Gasteiger partial charge in [-0.25, -0.2) is 0 Å². The van der Waals surface area contributed by atoms with Crippen LogP contribution in [0.4, 0.5) is 0 Å². The zero-order chi connectivity index (χ0) is 12.8. The van der Waals surface area contributed by atoms with Gasteiger partial charge in [-0.15, -0.1) is 0 Å². The SMILES string of the molecule is CC1CCN(C(C)CNC(=O)C(C)CN)CC1. The molecule has 0 aromatic carbocycles. The van der Waals surface area contributed by atoms with E-state index in [1.807, 2.05) is 6.92 Å². The topological polar surface area (TPSA) is 58.4 Å². The summed E-state index contributed by atoms with van der Waals surface area (Å²) in [5.74, 6) is 0.846. The largest absolute Gasteiger partial charge is 0.354 e. The molecule has 0 radical (unpaired) electrons. The molecule has 17 heavy (non-hydrogen) atoms. The molecule has 1 saturated heterocycles. The zero-order valence-corrected chi connectivity index (χ0v) is 11.4. The van der Waals surface area contributed by atoms with Gasteiger partial charge in [0.2, 0.25) is 5.91 Å². The lowest BCUT2D eigenvalue weighted by molar-refractivity contribution is -0.124. The standard InChI is InChI=1S/C13H27N3O/c1-10-4-6-16(7-5-10)12(3)9-15-13(17)11(2)8-14/h10-12H,4-9,14H2,1-3H3,(H,15,17). The molecule has 0 aromatic rings. The first kappa shape index (κ1) is 14.5. The molecule has 100 valence electrons. The van der Waals surface area contributed by atoms with E-state index in [1.54, 1.807) is 0 Å². The predicted molar refractivity (Wildman–Crippen MR) is 70.7 cm³/mol. The number of nitrogens with zero attached hydrogens (tertiary/aromatic N) is 1. The van der Waals surface area contributed by atoms with Gasteiger partial charge in [-0.3, -0.25) is 9.69 Å². The number of rotatable bonds is 5. The maximum Gasteiger partial charge on any atom is 0.224 e. The summed E-state index contributed by atoms with van der Waals surface area (Å²) in [6, 6.07) is 0.427. The molecule has 4 heteroatoms. The Hall–Kier alpha value is -0.610. The molecular weight excluding hydrogens is 214 g/mol. The molecule has 4 nitrogen and oxygen atoms in total. The molecule has 1 heterocycles. The van der Waals surface area contributed by atoms with E-state index in [2.05, 4.69) is 24.1 Å². The molecule has 1 rings (SSSR count). The first-order chi connectivity index (χ1) is 8.04. The van der Waals surface area contributed by atoms with E-state index in [4.69, 9.17) is 5.73 Å². The van der Waals surface area contributed by atoms with Crippen LogP contribution >= 0.6 is 0 Å². The molecule has 1 amide bonds. The third kappa shape index (κ3) is 4.64. The van der Waals surface area contributed by atoms with Crippen molar-refractivity contribution in [2.24, 2.45) is 17.6 Å². The van der Waals surface area contributed by atoms with Crippen molar-refractivity contribution in [3.8, 4) is 0 Å². The summed E-state index contributed by atoms with van der Waals surface area (Å²) < 4.78 is 0. The first-order valence-electron chi connectivity index (χ1n) is 6.76. The minimum Gasteiger partial charge on any atom is -0.354 e. The van der Waals surface area contributed by atoms with E-state index >= 15 is 0 Å². The van der Waals surface area contributed by atoms with Crippen LogP contribution in [0, 0.1) is 11.8 Å². The summed E-state index contributed by atoms with van der Waals surface area (Å²) in [7, 11) is 0. The average Bonchev–Trinajstić information content (AvgIpc) is 2.35. The van der Waals surface area contributed by atoms with Crippen LogP contribution in [0.15, 0.2) is 0 Å². The molecule has 0 saturated carbocycles. The highest BCUT2D eigenvalue weighted by Gasteiger charge is 2.21. The van der Waals surface area contributed by atoms with Crippen LogP contribution in [-0.4, -0.2) is 43.0 Å². The quantitative estimate of drug-likeness (QED) is 0.749. The fourth-order valence-corrected chi connectivity index (χ4v) is 2.13. The Balaban J connectivity index is 2.25. The van der Waals surface area contributed by atoms with Crippen molar-refractivity contribution in [2.75, 3.05) is 26.2 Å². The van der Waals surface area contributed by atoms with Crippen LogP contribution < -0.4 is 11.1 Å². The fraction of sp³-hybridized carbons (Fsp3) is 0.923. The van der Waals surface area contributed by atoms with E-state index in [0.717, 1.165) is 25.6 Å². The van der Waals surface area contributed by atoms with E-state index in [1.165, 1.54) is 12.8 Å². The fourth-order valence-electron chi connectivity index (χ4n) is 2.13. The van der Waals surface area contributed by atoms with Crippen molar-refractivity contribution < 1.29 is 4.79 Å². The number of carbonyl (C=O) groups is 1. The number of likely N-dealkylation sites (tertiary alicyclic amines) is 1. The van der Waals surface area contributed by atoms with Crippen LogP contribution in [-0.2, 0) is 4.79 Å². The Labute approximate surface area is 105 Å². The lowest BCUT2D eigenvalue weighted by atomic mass is 9.98. The third-order valence-corrected chi connectivity index (χ3v) is 3.81. The van der Waals surface area contributed by atoms with Crippen LogP contribution in [0.25, 0.3) is 0 Å². The summed E-state index contributed by atoms with van der Waals surface area (Å²) in [5, 5.41) is 2.98. The lowest BCUT2D eigenvalue weighted by Gasteiger charge is -2.35.